The van der Waals surface area contributed by atoms with E-state index >= 15 is 0 Å². The van der Waals surface area contributed by atoms with Crippen molar-refractivity contribution in [2.45, 2.75) is 51.0 Å². The third-order valence-electron chi connectivity index (χ3n) is 5.88. The molecule has 2 unspecified atom stereocenters. The topological polar surface area (TPSA) is 84.6 Å². The summed E-state index contributed by atoms with van der Waals surface area (Å²) in [5, 5.41) is 15.7. The van der Waals surface area contributed by atoms with Gasteiger partial charge in [0, 0.05) is 31.5 Å². The van der Waals surface area contributed by atoms with Crippen LogP contribution in [0.5, 0.6) is 5.88 Å². The van der Waals surface area contributed by atoms with Gasteiger partial charge in [0.1, 0.15) is 0 Å². The Morgan fingerprint density at radius 2 is 2.11 bits per heavy atom. The number of carbonyl (C=O) groups excluding carboxylic acids is 1. The summed E-state index contributed by atoms with van der Waals surface area (Å²) >= 11 is 0. The van der Waals surface area contributed by atoms with E-state index in [9.17, 15) is 4.79 Å². The number of methoxy groups -OCH3 is 1. The van der Waals surface area contributed by atoms with Crippen molar-refractivity contribution in [3.05, 3.63) is 18.0 Å². The van der Waals surface area contributed by atoms with E-state index in [4.69, 9.17) is 4.74 Å². The van der Waals surface area contributed by atoms with Crippen LogP contribution in [0.4, 0.5) is 0 Å². The Balaban J connectivity index is 1.30. The second kappa shape index (κ2) is 8.21. The van der Waals surface area contributed by atoms with Crippen LogP contribution in [0, 0.1) is 5.92 Å². The fourth-order valence-corrected chi connectivity index (χ4v) is 4.46. The summed E-state index contributed by atoms with van der Waals surface area (Å²) in [6.45, 7) is 3.24. The molecule has 0 radical (unpaired) electrons. The number of nitrogens with zero attached hydrogens (tertiary/aromatic N) is 5. The molecule has 2 aliphatic rings. The Morgan fingerprint density at radius 1 is 1.22 bits per heavy atom. The predicted octanol–water partition coefficient (Wildman–Crippen LogP) is 1.45. The van der Waals surface area contributed by atoms with E-state index in [1.54, 1.807) is 23.8 Å². The molecule has 0 spiro atoms. The third-order valence-corrected chi connectivity index (χ3v) is 5.88. The first-order valence-electron chi connectivity index (χ1n) is 10.0. The van der Waals surface area contributed by atoms with Crippen molar-refractivity contribution in [1.29, 1.82) is 0 Å². The standard InChI is InChI=1S/C19H28N6O2/c1-27-19-10-8-17-22-21-16(25(17)23-19)7-9-18(26)20-13-14-5-4-12-24-11-3-2-6-15(14)24/h8,10,14-15H,2-7,9,11-13H2,1H3,(H,20,26). The van der Waals surface area contributed by atoms with Crippen molar-refractivity contribution in [3.8, 4) is 5.88 Å². The second-order valence-electron chi connectivity index (χ2n) is 7.57. The van der Waals surface area contributed by atoms with Crippen molar-refractivity contribution in [2.75, 3.05) is 26.7 Å². The smallest absolute Gasteiger partial charge is 0.231 e. The summed E-state index contributed by atoms with van der Waals surface area (Å²) in [6.07, 6.45) is 7.28. The molecule has 2 fully saturated rings. The molecular formula is C19H28N6O2. The highest BCUT2D eigenvalue weighted by Gasteiger charge is 2.32. The normalized spacial score (nSPS) is 23.1. The Kier molecular flexibility index (Phi) is 5.52. The summed E-state index contributed by atoms with van der Waals surface area (Å²) in [5.41, 5.74) is 0.658. The molecule has 8 heteroatoms. The number of aromatic nitrogens is 4. The molecule has 2 saturated heterocycles. The van der Waals surface area contributed by atoms with E-state index in [0.29, 0.717) is 42.2 Å². The SMILES string of the molecule is COc1ccc2nnc(CCC(=O)NCC3CCCN4CCCCC34)n2n1. The van der Waals surface area contributed by atoms with Gasteiger partial charge in [-0.3, -0.25) is 4.79 Å². The molecule has 1 N–H and O–H groups in total. The summed E-state index contributed by atoms with van der Waals surface area (Å²) in [5.74, 6) is 1.84. The fraction of sp³-hybridized carbons (Fsp3) is 0.684. The fourth-order valence-electron chi connectivity index (χ4n) is 4.46. The van der Waals surface area contributed by atoms with Gasteiger partial charge in [-0.15, -0.1) is 15.3 Å². The number of hydrogen-bond acceptors (Lipinski definition) is 6. The minimum Gasteiger partial charge on any atom is -0.480 e. The molecule has 2 aromatic rings. The average Bonchev–Trinajstić information content (AvgIpc) is 3.12. The molecule has 2 aliphatic heterocycles. The number of aryl methyl sites for hydroxylation is 1. The number of hydrogen-bond donors (Lipinski definition) is 1. The van der Waals surface area contributed by atoms with Crippen LogP contribution in [-0.2, 0) is 11.2 Å². The van der Waals surface area contributed by atoms with Gasteiger partial charge < -0.3 is 15.0 Å². The van der Waals surface area contributed by atoms with Crippen LogP contribution in [0.1, 0.15) is 44.3 Å². The molecule has 146 valence electrons. The largest absolute Gasteiger partial charge is 0.480 e. The molecule has 0 aromatic carbocycles. The number of nitrogens with one attached hydrogen (secondary N) is 1. The number of fused-ring (bicyclic) bond motifs is 2. The van der Waals surface area contributed by atoms with Crippen LogP contribution >= 0.6 is 0 Å². The van der Waals surface area contributed by atoms with Gasteiger partial charge in [-0.2, -0.15) is 4.52 Å². The lowest BCUT2D eigenvalue weighted by molar-refractivity contribution is -0.121. The summed E-state index contributed by atoms with van der Waals surface area (Å²) in [6, 6.07) is 4.21. The Labute approximate surface area is 159 Å². The number of piperidine rings is 2. The quantitative estimate of drug-likeness (QED) is 0.826. The lowest BCUT2D eigenvalue weighted by atomic mass is 9.83. The Hall–Kier alpha value is -2.22. The van der Waals surface area contributed by atoms with Crippen LogP contribution in [-0.4, -0.2) is 63.4 Å². The molecule has 2 aromatic heterocycles. The Bertz CT molecular complexity index is 790. The van der Waals surface area contributed by atoms with Crippen molar-refractivity contribution in [1.82, 2.24) is 30.0 Å². The summed E-state index contributed by atoms with van der Waals surface area (Å²) in [4.78, 5) is 15.0. The second-order valence-corrected chi connectivity index (χ2v) is 7.57. The van der Waals surface area contributed by atoms with Gasteiger partial charge in [-0.1, -0.05) is 6.42 Å². The first-order valence-corrected chi connectivity index (χ1v) is 10.0. The molecule has 0 bridgehead atoms. The lowest BCUT2D eigenvalue weighted by Crippen LogP contribution is -2.51. The zero-order valence-electron chi connectivity index (χ0n) is 15.9. The highest BCUT2D eigenvalue weighted by atomic mass is 16.5. The lowest BCUT2D eigenvalue weighted by Gasteiger charge is -2.44. The zero-order valence-corrected chi connectivity index (χ0v) is 15.9. The van der Waals surface area contributed by atoms with Crippen LogP contribution in [0.25, 0.3) is 5.65 Å². The van der Waals surface area contributed by atoms with E-state index in [1.807, 2.05) is 0 Å². The van der Waals surface area contributed by atoms with Gasteiger partial charge >= 0.3 is 0 Å². The first kappa shape index (κ1) is 18.2. The molecule has 27 heavy (non-hydrogen) atoms. The number of carbonyl (C=O) groups is 1. The van der Waals surface area contributed by atoms with Crippen molar-refractivity contribution in [2.24, 2.45) is 5.92 Å². The van der Waals surface area contributed by atoms with Crippen LogP contribution in [0.15, 0.2) is 12.1 Å². The van der Waals surface area contributed by atoms with Gasteiger partial charge in [-0.25, -0.2) is 0 Å². The van der Waals surface area contributed by atoms with Crippen molar-refractivity contribution >= 4 is 11.6 Å². The monoisotopic (exact) mass is 372 g/mol. The van der Waals surface area contributed by atoms with Crippen LogP contribution in [0.3, 0.4) is 0 Å². The minimum atomic E-state index is 0.0718. The maximum absolute atomic E-state index is 12.4. The highest BCUT2D eigenvalue weighted by Crippen LogP contribution is 2.30. The van der Waals surface area contributed by atoms with E-state index in [0.717, 1.165) is 6.54 Å². The van der Waals surface area contributed by atoms with E-state index in [1.165, 1.54) is 45.2 Å². The molecule has 2 atom stereocenters. The first-order chi connectivity index (χ1) is 13.2. The molecular weight excluding hydrogens is 344 g/mol. The minimum absolute atomic E-state index is 0.0718. The predicted molar refractivity (Wildman–Crippen MR) is 101 cm³/mol. The van der Waals surface area contributed by atoms with E-state index < -0.39 is 0 Å². The molecule has 4 heterocycles. The van der Waals surface area contributed by atoms with Gasteiger partial charge in [0.15, 0.2) is 11.5 Å². The van der Waals surface area contributed by atoms with Gasteiger partial charge in [0.25, 0.3) is 0 Å². The molecule has 4 rings (SSSR count). The van der Waals surface area contributed by atoms with Crippen molar-refractivity contribution in [3.63, 3.8) is 0 Å². The van der Waals surface area contributed by atoms with Crippen LogP contribution < -0.4 is 10.1 Å². The molecule has 8 nitrogen and oxygen atoms in total. The van der Waals surface area contributed by atoms with E-state index in [2.05, 4.69) is 25.5 Å². The zero-order chi connectivity index (χ0) is 18.6. The maximum Gasteiger partial charge on any atom is 0.231 e. The van der Waals surface area contributed by atoms with Crippen molar-refractivity contribution < 1.29 is 9.53 Å². The number of amides is 1. The maximum atomic E-state index is 12.4. The highest BCUT2D eigenvalue weighted by molar-refractivity contribution is 5.76. The third kappa shape index (κ3) is 4.05. The van der Waals surface area contributed by atoms with Gasteiger partial charge in [-0.05, 0) is 50.8 Å². The van der Waals surface area contributed by atoms with Gasteiger partial charge in [0.2, 0.25) is 11.8 Å². The molecule has 1 amide bonds. The Morgan fingerprint density at radius 3 is 3.00 bits per heavy atom. The number of rotatable bonds is 6. The van der Waals surface area contributed by atoms with Gasteiger partial charge in [0.05, 0.1) is 7.11 Å². The summed E-state index contributed by atoms with van der Waals surface area (Å²) in [7, 11) is 1.57. The van der Waals surface area contributed by atoms with Crippen LogP contribution in [0.2, 0.25) is 0 Å². The number of ether oxygens (including phenoxy) is 1. The average molecular weight is 372 g/mol. The molecule has 0 saturated carbocycles. The van der Waals surface area contributed by atoms with E-state index in [-0.39, 0.29) is 5.91 Å². The molecule has 0 aliphatic carbocycles. The summed E-state index contributed by atoms with van der Waals surface area (Å²) < 4.78 is 6.80.